The van der Waals surface area contributed by atoms with Gasteiger partial charge in [0.1, 0.15) is 5.82 Å². The molecule has 21 heavy (non-hydrogen) atoms. The van der Waals surface area contributed by atoms with Gasteiger partial charge in [-0.2, -0.15) is 0 Å². The Bertz CT molecular complexity index is 476. The highest BCUT2D eigenvalue weighted by molar-refractivity contribution is 5.74. The van der Waals surface area contributed by atoms with Crippen molar-refractivity contribution >= 4 is 12.0 Å². The van der Waals surface area contributed by atoms with Crippen LogP contribution in [0.15, 0.2) is 12.4 Å². The summed E-state index contributed by atoms with van der Waals surface area (Å²) in [7, 11) is 0. The summed E-state index contributed by atoms with van der Waals surface area (Å²) in [6.45, 7) is 4.33. The number of aromatic amines is 1. The first-order valence-corrected chi connectivity index (χ1v) is 7.05. The van der Waals surface area contributed by atoms with E-state index in [0.717, 1.165) is 6.42 Å². The molecule has 0 bridgehead atoms. The molecule has 1 aliphatic heterocycles. The number of imidazole rings is 1. The van der Waals surface area contributed by atoms with Gasteiger partial charge in [-0.15, -0.1) is 0 Å². The summed E-state index contributed by atoms with van der Waals surface area (Å²) in [5.41, 5.74) is 0. The molecule has 1 aromatic rings. The summed E-state index contributed by atoms with van der Waals surface area (Å²) in [4.78, 5) is 33.6. The Balaban J connectivity index is 1.84. The Labute approximate surface area is 123 Å². The lowest BCUT2D eigenvalue weighted by Gasteiger charge is -2.23. The third kappa shape index (κ3) is 4.45. The third-order valence-electron chi connectivity index (χ3n) is 3.50. The van der Waals surface area contributed by atoms with Crippen molar-refractivity contribution in [2.45, 2.75) is 19.4 Å². The second-order valence-electron chi connectivity index (χ2n) is 5.16. The summed E-state index contributed by atoms with van der Waals surface area (Å²) in [6, 6.07) is -0.332. The summed E-state index contributed by atoms with van der Waals surface area (Å²) >= 11 is 0. The van der Waals surface area contributed by atoms with E-state index in [1.54, 1.807) is 17.3 Å². The molecule has 0 saturated carbocycles. The Morgan fingerprint density at radius 2 is 2.24 bits per heavy atom. The molecule has 116 valence electrons. The van der Waals surface area contributed by atoms with Crippen LogP contribution in [0.25, 0.3) is 0 Å². The Morgan fingerprint density at radius 3 is 2.90 bits per heavy atom. The van der Waals surface area contributed by atoms with Gasteiger partial charge in [-0.1, -0.05) is 0 Å². The van der Waals surface area contributed by atoms with Gasteiger partial charge in [-0.3, -0.25) is 9.69 Å². The van der Waals surface area contributed by atoms with Gasteiger partial charge in [0, 0.05) is 38.6 Å². The first-order valence-electron chi connectivity index (χ1n) is 7.05. The second kappa shape index (κ2) is 7.07. The molecule has 0 aliphatic carbocycles. The van der Waals surface area contributed by atoms with E-state index in [9.17, 15) is 9.59 Å². The number of aromatic nitrogens is 2. The molecule has 0 aromatic carbocycles. The largest absolute Gasteiger partial charge is 0.480 e. The fourth-order valence-electron chi connectivity index (χ4n) is 2.38. The van der Waals surface area contributed by atoms with Gasteiger partial charge in [0.2, 0.25) is 0 Å². The first-order chi connectivity index (χ1) is 10.1. The van der Waals surface area contributed by atoms with Gasteiger partial charge >= 0.3 is 12.0 Å². The fraction of sp³-hybridized carbons (Fsp3) is 0.615. The fourth-order valence-corrected chi connectivity index (χ4v) is 2.38. The first kappa shape index (κ1) is 15.3. The van der Waals surface area contributed by atoms with Crippen LogP contribution in [0.4, 0.5) is 4.79 Å². The third-order valence-corrected chi connectivity index (χ3v) is 3.50. The minimum absolute atomic E-state index is 0.0260. The minimum Gasteiger partial charge on any atom is -0.480 e. The van der Waals surface area contributed by atoms with Crippen molar-refractivity contribution in [1.82, 2.24) is 25.1 Å². The standard InChI is InChI=1S/C13H21N5O3/c1-10(12-14-3-4-15-12)16-13(21)18-6-2-5-17(7-8-18)9-11(19)20/h3-4,10H,2,5-9H2,1H3,(H,14,15)(H,16,21)(H,19,20). The number of nitrogens with zero attached hydrogens (tertiary/aromatic N) is 3. The molecule has 8 heteroatoms. The number of carboxylic acid groups (broad SMARTS) is 1. The van der Waals surface area contributed by atoms with Crippen LogP contribution in [0, 0.1) is 0 Å². The zero-order valence-corrected chi connectivity index (χ0v) is 12.1. The monoisotopic (exact) mass is 295 g/mol. The molecule has 8 nitrogen and oxygen atoms in total. The molecule has 3 N–H and O–H groups in total. The zero-order valence-electron chi connectivity index (χ0n) is 12.1. The zero-order chi connectivity index (χ0) is 15.2. The Kier molecular flexibility index (Phi) is 5.15. The van der Waals surface area contributed by atoms with E-state index in [2.05, 4.69) is 15.3 Å². The summed E-state index contributed by atoms with van der Waals surface area (Å²) in [5.74, 6) is -0.120. The maximum Gasteiger partial charge on any atom is 0.318 e. The van der Waals surface area contributed by atoms with Gasteiger partial charge in [0.25, 0.3) is 0 Å². The van der Waals surface area contributed by atoms with E-state index in [0.29, 0.717) is 32.0 Å². The van der Waals surface area contributed by atoms with Gasteiger partial charge < -0.3 is 20.3 Å². The number of hydrogen-bond donors (Lipinski definition) is 3. The Morgan fingerprint density at radius 1 is 1.43 bits per heavy atom. The number of aliphatic carboxylic acids is 1. The summed E-state index contributed by atoms with van der Waals surface area (Å²) in [6.07, 6.45) is 4.14. The maximum absolute atomic E-state index is 12.2. The lowest BCUT2D eigenvalue weighted by atomic mass is 10.3. The number of rotatable bonds is 4. The average molecular weight is 295 g/mol. The van der Waals surface area contributed by atoms with Crippen molar-refractivity contribution in [2.75, 3.05) is 32.7 Å². The van der Waals surface area contributed by atoms with E-state index in [1.165, 1.54) is 0 Å². The van der Waals surface area contributed by atoms with Crippen LogP contribution < -0.4 is 5.32 Å². The van der Waals surface area contributed by atoms with Gasteiger partial charge in [0.05, 0.1) is 12.6 Å². The molecule has 2 rings (SSSR count). The number of amides is 2. The van der Waals surface area contributed by atoms with Gasteiger partial charge in [-0.25, -0.2) is 9.78 Å². The van der Waals surface area contributed by atoms with E-state index in [1.807, 2.05) is 11.8 Å². The molecule has 1 atom stereocenters. The van der Waals surface area contributed by atoms with Gasteiger partial charge in [0.15, 0.2) is 0 Å². The van der Waals surface area contributed by atoms with Crippen molar-refractivity contribution in [3.8, 4) is 0 Å². The van der Waals surface area contributed by atoms with Crippen LogP contribution in [0.2, 0.25) is 0 Å². The molecular formula is C13H21N5O3. The smallest absolute Gasteiger partial charge is 0.318 e. The molecule has 0 spiro atoms. The van der Waals surface area contributed by atoms with Crippen molar-refractivity contribution in [3.63, 3.8) is 0 Å². The lowest BCUT2D eigenvalue weighted by Crippen LogP contribution is -2.43. The van der Waals surface area contributed by atoms with E-state index >= 15 is 0 Å². The summed E-state index contributed by atoms with van der Waals surface area (Å²) in [5, 5.41) is 11.7. The number of carbonyl (C=O) groups excluding carboxylic acids is 1. The second-order valence-corrected chi connectivity index (χ2v) is 5.16. The van der Waals surface area contributed by atoms with E-state index in [4.69, 9.17) is 5.11 Å². The molecule has 1 fully saturated rings. The highest BCUT2D eigenvalue weighted by Crippen LogP contribution is 2.08. The van der Waals surface area contributed by atoms with Crippen LogP contribution in [0.3, 0.4) is 0 Å². The highest BCUT2D eigenvalue weighted by atomic mass is 16.4. The van der Waals surface area contributed by atoms with Crippen molar-refractivity contribution < 1.29 is 14.7 Å². The van der Waals surface area contributed by atoms with Crippen LogP contribution >= 0.6 is 0 Å². The summed E-state index contributed by atoms with van der Waals surface area (Å²) < 4.78 is 0. The Hall–Kier alpha value is -2.09. The average Bonchev–Trinajstić information content (AvgIpc) is 2.86. The molecule has 0 radical (unpaired) electrons. The van der Waals surface area contributed by atoms with Gasteiger partial charge in [-0.05, 0) is 13.3 Å². The number of H-pyrrole nitrogens is 1. The number of urea groups is 1. The van der Waals surface area contributed by atoms with Crippen molar-refractivity contribution in [3.05, 3.63) is 18.2 Å². The van der Waals surface area contributed by atoms with Crippen LogP contribution in [0.1, 0.15) is 25.2 Å². The number of nitrogens with one attached hydrogen (secondary N) is 2. The van der Waals surface area contributed by atoms with Crippen molar-refractivity contribution in [1.29, 1.82) is 0 Å². The van der Waals surface area contributed by atoms with Crippen molar-refractivity contribution in [2.24, 2.45) is 0 Å². The molecular weight excluding hydrogens is 274 g/mol. The quantitative estimate of drug-likeness (QED) is 0.740. The number of carbonyl (C=O) groups is 2. The molecule has 1 aromatic heterocycles. The lowest BCUT2D eigenvalue weighted by molar-refractivity contribution is -0.138. The highest BCUT2D eigenvalue weighted by Gasteiger charge is 2.21. The molecule has 2 heterocycles. The van der Waals surface area contributed by atoms with Crippen LogP contribution in [-0.4, -0.2) is 69.6 Å². The molecule has 2 amide bonds. The number of carboxylic acids is 1. The SMILES string of the molecule is CC(NC(=O)N1CCCN(CC(=O)O)CC1)c1ncc[nH]1. The maximum atomic E-state index is 12.2. The van der Waals surface area contributed by atoms with Crippen LogP contribution in [-0.2, 0) is 4.79 Å². The molecule has 1 aliphatic rings. The molecule has 1 saturated heterocycles. The van der Waals surface area contributed by atoms with E-state index in [-0.39, 0.29) is 18.6 Å². The topological polar surface area (TPSA) is 102 Å². The predicted molar refractivity (Wildman–Crippen MR) is 75.8 cm³/mol. The predicted octanol–water partition coefficient (Wildman–Crippen LogP) is 0.273. The normalized spacial score (nSPS) is 18.0. The molecule has 1 unspecified atom stereocenters. The van der Waals surface area contributed by atoms with E-state index < -0.39 is 5.97 Å². The van der Waals surface area contributed by atoms with Crippen LogP contribution in [0.5, 0.6) is 0 Å². The minimum atomic E-state index is -0.834. The number of hydrogen-bond acceptors (Lipinski definition) is 4.